The molecule has 3 N–H and O–H groups in total. The first-order chi connectivity index (χ1) is 18.4. The Morgan fingerprint density at radius 3 is 2.50 bits per heavy atom. The smallest absolute Gasteiger partial charge is 0.329 e. The van der Waals surface area contributed by atoms with Crippen LogP contribution in [0.25, 0.3) is 28.6 Å². The lowest BCUT2D eigenvalue weighted by atomic mass is 9.87. The van der Waals surface area contributed by atoms with E-state index in [0.717, 1.165) is 54.6 Å². The second-order valence-electron chi connectivity index (χ2n) is 9.62. The molecule has 9 heteroatoms. The van der Waals surface area contributed by atoms with Crippen LogP contribution in [0.4, 0.5) is 8.78 Å². The number of benzene rings is 2. The maximum atomic E-state index is 14.3. The second-order valence-corrected chi connectivity index (χ2v) is 9.62. The van der Waals surface area contributed by atoms with Gasteiger partial charge in [-0.3, -0.25) is 0 Å². The van der Waals surface area contributed by atoms with E-state index >= 15 is 0 Å². The quantitative estimate of drug-likeness (QED) is 0.328. The van der Waals surface area contributed by atoms with E-state index in [0.29, 0.717) is 29.8 Å². The SMILES string of the molecule is O=C(O)COCC1CCC(=Cn2nc(CC[C@H](O)CO)c(-c3ccc(F)c(F)c3)c2-c2ccccc2)CC1. The Balaban J connectivity index is 1.72. The molecule has 0 unspecified atom stereocenters. The number of aliphatic hydroxyl groups is 2. The highest BCUT2D eigenvalue weighted by molar-refractivity contribution is 5.84. The van der Waals surface area contributed by atoms with Gasteiger partial charge in [0.1, 0.15) is 6.61 Å². The van der Waals surface area contributed by atoms with Gasteiger partial charge >= 0.3 is 5.97 Å². The molecule has 0 aliphatic heterocycles. The fourth-order valence-electron chi connectivity index (χ4n) is 4.80. The van der Waals surface area contributed by atoms with Crippen LogP contribution in [0.1, 0.15) is 37.8 Å². The van der Waals surface area contributed by atoms with E-state index in [-0.39, 0.29) is 25.6 Å². The third-order valence-corrected chi connectivity index (χ3v) is 6.79. The summed E-state index contributed by atoms with van der Waals surface area (Å²) in [5.41, 5.74) is 4.46. The van der Waals surface area contributed by atoms with Gasteiger partial charge in [0.05, 0.1) is 30.7 Å². The Morgan fingerprint density at radius 1 is 1.11 bits per heavy atom. The number of aliphatic hydroxyl groups excluding tert-OH is 2. The number of hydrogen-bond donors (Lipinski definition) is 3. The lowest BCUT2D eigenvalue weighted by Crippen LogP contribution is -2.17. The number of rotatable bonds is 11. The van der Waals surface area contributed by atoms with Crippen molar-refractivity contribution in [2.45, 2.75) is 44.6 Å². The average Bonchev–Trinajstić information content (AvgIpc) is 3.28. The molecule has 1 aliphatic carbocycles. The number of carbonyl (C=O) groups is 1. The maximum absolute atomic E-state index is 14.3. The second kappa shape index (κ2) is 12.9. The van der Waals surface area contributed by atoms with Crippen molar-refractivity contribution in [2.24, 2.45) is 5.92 Å². The largest absolute Gasteiger partial charge is 0.480 e. The van der Waals surface area contributed by atoms with E-state index in [2.05, 4.69) is 0 Å². The van der Waals surface area contributed by atoms with Crippen LogP contribution in [0.3, 0.4) is 0 Å². The van der Waals surface area contributed by atoms with E-state index in [1.807, 2.05) is 36.5 Å². The molecule has 0 saturated heterocycles. The molecule has 3 aromatic rings. The van der Waals surface area contributed by atoms with Crippen LogP contribution in [0.2, 0.25) is 0 Å². The van der Waals surface area contributed by atoms with Gasteiger partial charge in [0.2, 0.25) is 0 Å². The van der Waals surface area contributed by atoms with E-state index < -0.39 is 23.7 Å². The molecule has 38 heavy (non-hydrogen) atoms. The van der Waals surface area contributed by atoms with Gasteiger partial charge < -0.3 is 20.1 Å². The minimum absolute atomic E-state index is 0.257. The molecule has 1 aliphatic rings. The van der Waals surface area contributed by atoms with E-state index in [1.165, 1.54) is 6.07 Å². The molecule has 0 bridgehead atoms. The number of aryl methyl sites for hydroxylation is 1. The van der Waals surface area contributed by atoms with Gasteiger partial charge in [-0.25, -0.2) is 18.3 Å². The highest BCUT2D eigenvalue weighted by atomic mass is 19.2. The topological polar surface area (TPSA) is 105 Å². The predicted molar refractivity (Wildman–Crippen MR) is 139 cm³/mol. The van der Waals surface area contributed by atoms with Gasteiger partial charge in [-0.05, 0) is 62.1 Å². The van der Waals surface area contributed by atoms with Crippen LogP contribution in [0.5, 0.6) is 0 Å². The van der Waals surface area contributed by atoms with Gasteiger partial charge in [0, 0.05) is 17.3 Å². The van der Waals surface area contributed by atoms with E-state index in [9.17, 15) is 23.8 Å². The molecule has 1 heterocycles. The molecule has 0 radical (unpaired) electrons. The average molecular weight is 527 g/mol. The van der Waals surface area contributed by atoms with Crippen LogP contribution < -0.4 is 0 Å². The lowest BCUT2D eigenvalue weighted by molar-refractivity contribution is -0.142. The van der Waals surface area contributed by atoms with Crippen LogP contribution in [0, 0.1) is 17.6 Å². The van der Waals surface area contributed by atoms with Crippen LogP contribution in [-0.2, 0) is 16.0 Å². The van der Waals surface area contributed by atoms with Crippen molar-refractivity contribution in [1.29, 1.82) is 0 Å². The number of halogens is 2. The molecule has 0 spiro atoms. The Kier molecular flexibility index (Phi) is 9.38. The number of hydrogen-bond acceptors (Lipinski definition) is 5. The molecular formula is C29H32F2N2O5. The first-order valence-electron chi connectivity index (χ1n) is 12.8. The standard InChI is InChI=1S/C29H32F2N2O5/c30-24-12-10-22(14-25(24)31)28-26(13-11-23(35)16-34)32-33(29(28)21-4-2-1-3-5-21)15-19-6-8-20(9-7-19)17-38-18-27(36)37/h1-5,10,12,14-15,20,23,34-35H,6-9,11,13,16-18H2,(H,36,37)/t20?,23-/m0/s1. The molecule has 7 nitrogen and oxygen atoms in total. The zero-order valence-electron chi connectivity index (χ0n) is 21.0. The van der Waals surface area contributed by atoms with E-state index in [4.69, 9.17) is 14.9 Å². The molecule has 4 rings (SSSR count). The Morgan fingerprint density at radius 2 is 1.84 bits per heavy atom. The summed E-state index contributed by atoms with van der Waals surface area (Å²) < 4.78 is 35.2. The number of nitrogens with zero attached hydrogens (tertiary/aromatic N) is 2. The van der Waals surface area contributed by atoms with Gasteiger partial charge in [0.25, 0.3) is 0 Å². The molecule has 202 valence electrons. The summed E-state index contributed by atoms with van der Waals surface area (Å²) in [5, 5.41) is 32.9. The van der Waals surface area contributed by atoms with Crippen LogP contribution >= 0.6 is 0 Å². The van der Waals surface area contributed by atoms with E-state index in [1.54, 1.807) is 4.68 Å². The lowest BCUT2D eigenvalue weighted by Gasteiger charge is -2.23. The summed E-state index contributed by atoms with van der Waals surface area (Å²) in [6.07, 6.45) is 4.96. The summed E-state index contributed by atoms with van der Waals surface area (Å²) in [7, 11) is 0. The van der Waals surface area contributed by atoms with Crippen molar-refractivity contribution in [3.05, 3.63) is 71.4 Å². The number of aliphatic carboxylic acids is 1. The van der Waals surface area contributed by atoms with Gasteiger partial charge in [-0.2, -0.15) is 5.10 Å². The van der Waals surface area contributed by atoms with Crippen molar-refractivity contribution in [3.8, 4) is 22.4 Å². The first kappa shape index (κ1) is 27.6. The normalized spacial score (nSPS) is 16.4. The number of allylic oxidation sites excluding steroid dienone is 1. The molecule has 1 atom stereocenters. The molecule has 1 fully saturated rings. The van der Waals surface area contributed by atoms with Crippen molar-refractivity contribution in [1.82, 2.24) is 9.78 Å². The number of carboxylic acid groups (broad SMARTS) is 1. The third kappa shape index (κ3) is 6.92. The fraction of sp³-hybridized carbons (Fsp3) is 0.379. The minimum atomic E-state index is -0.979. The molecule has 0 amide bonds. The molecule has 1 saturated carbocycles. The first-order valence-corrected chi connectivity index (χ1v) is 12.8. The monoisotopic (exact) mass is 526 g/mol. The summed E-state index contributed by atoms with van der Waals surface area (Å²) in [6, 6.07) is 13.3. The fourth-order valence-corrected chi connectivity index (χ4v) is 4.80. The summed E-state index contributed by atoms with van der Waals surface area (Å²) >= 11 is 0. The van der Waals surface area contributed by atoms with Gasteiger partial charge in [0.15, 0.2) is 11.6 Å². The number of ether oxygens (including phenoxy) is 1. The Hall–Kier alpha value is -3.40. The summed E-state index contributed by atoms with van der Waals surface area (Å²) in [6.45, 7) is -0.268. The van der Waals surface area contributed by atoms with Crippen LogP contribution in [-0.4, -0.2) is 57.0 Å². The van der Waals surface area contributed by atoms with Gasteiger partial charge in [-0.15, -0.1) is 0 Å². The maximum Gasteiger partial charge on any atom is 0.329 e. The van der Waals surface area contributed by atoms with Crippen molar-refractivity contribution in [3.63, 3.8) is 0 Å². The Labute approximate surface area is 220 Å². The highest BCUT2D eigenvalue weighted by Crippen LogP contribution is 2.38. The zero-order valence-corrected chi connectivity index (χ0v) is 21.0. The predicted octanol–water partition coefficient (Wildman–Crippen LogP) is 4.91. The summed E-state index contributed by atoms with van der Waals surface area (Å²) in [5.74, 6) is -2.60. The van der Waals surface area contributed by atoms with Crippen molar-refractivity contribution in [2.75, 3.05) is 19.8 Å². The third-order valence-electron chi connectivity index (χ3n) is 6.79. The molecule has 2 aromatic carbocycles. The van der Waals surface area contributed by atoms with Crippen molar-refractivity contribution < 1.29 is 33.6 Å². The Bertz CT molecular complexity index is 1270. The highest BCUT2D eigenvalue weighted by Gasteiger charge is 2.23. The number of aromatic nitrogens is 2. The van der Waals surface area contributed by atoms with Crippen LogP contribution in [0.15, 0.2) is 54.1 Å². The van der Waals surface area contributed by atoms with Gasteiger partial charge in [-0.1, -0.05) is 42.0 Å². The summed E-state index contributed by atoms with van der Waals surface area (Å²) in [4.78, 5) is 10.7. The zero-order chi connectivity index (χ0) is 27.1. The van der Waals surface area contributed by atoms with Crippen molar-refractivity contribution >= 4 is 12.2 Å². The minimum Gasteiger partial charge on any atom is -0.480 e. The molecular weight excluding hydrogens is 494 g/mol. The number of carboxylic acids is 1. The molecule has 1 aromatic heterocycles.